The van der Waals surface area contributed by atoms with E-state index in [9.17, 15) is 4.79 Å². The van der Waals surface area contributed by atoms with Gasteiger partial charge in [0.15, 0.2) is 0 Å². The lowest BCUT2D eigenvalue weighted by Crippen LogP contribution is -2.34. The van der Waals surface area contributed by atoms with Crippen molar-refractivity contribution in [1.82, 2.24) is 5.32 Å². The maximum Gasteiger partial charge on any atom is 0.407 e. The highest BCUT2D eigenvalue weighted by molar-refractivity contribution is 5.67. The van der Waals surface area contributed by atoms with Gasteiger partial charge in [-0.15, -0.1) is 0 Å². The molecule has 0 fully saturated rings. The van der Waals surface area contributed by atoms with Crippen molar-refractivity contribution in [2.75, 3.05) is 7.11 Å². The Kier molecular flexibility index (Phi) is 11.2. The maximum absolute atomic E-state index is 11.2. The number of nitrogens with one attached hydrogen (secondary N) is 1. The first-order valence-electron chi connectivity index (χ1n) is 7.09. The first kappa shape index (κ1) is 16.3. The van der Waals surface area contributed by atoms with Crippen LogP contribution >= 0.6 is 0 Å². The number of rotatable bonds is 10. The Bertz CT molecular complexity index is 183. The molecule has 0 saturated carbocycles. The monoisotopic (exact) mass is 243 g/mol. The molecular weight excluding hydrogens is 214 g/mol. The zero-order chi connectivity index (χ0) is 12.9. The van der Waals surface area contributed by atoms with Crippen LogP contribution < -0.4 is 5.32 Å². The van der Waals surface area contributed by atoms with Gasteiger partial charge < -0.3 is 10.1 Å². The predicted octanol–water partition coefficient (Wildman–Crippen LogP) is 4.26. The summed E-state index contributed by atoms with van der Waals surface area (Å²) in [5.41, 5.74) is 0. The number of carbonyl (C=O) groups is 1. The van der Waals surface area contributed by atoms with E-state index >= 15 is 0 Å². The van der Waals surface area contributed by atoms with Crippen LogP contribution in [0.1, 0.15) is 71.6 Å². The van der Waals surface area contributed by atoms with Crippen LogP contribution in [0, 0.1) is 0 Å². The summed E-state index contributed by atoms with van der Waals surface area (Å²) >= 11 is 0. The maximum atomic E-state index is 11.2. The number of ether oxygens (including phenoxy) is 1. The average Bonchev–Trinajstić information content (AvgIpc) is 2.35. The zero-order valence-electron chi connectivity index (χ0n) is 11.8. The number of carbonyl (C=O) groups excluding carboxylic acids is 1. The van der Waals surface area contributed by atoms with E-state index in [4.69, 9.17) is 0 Å². The Labute approximate surface area is 106 Å². The van der Waals surface area contributed by atoms with Crippen molar-refractivity contribution >= 4 is 6.09 Å². The molecule has 0 rings (SSSR count). The van der Waals surface area contributed by atoms with Gasteiger partial charge in [0, 0.05) is 6.04 Å². The van der Waals surface area contributed by atoms with E-state index in [2.05, 4.69) is 23.9 Å². The number of alkyl carbamates (subject to hydrolysis) is 1. The summed E-state index contributed by atoms with van der Waals surface area (Å²) in [6.07, 6.45) is 10.6. The molecule has 1 amide bonds. The molecule has 0 aliphatic carbocycles. The van der Waals surface area contributed by atoms with Gasteiger partial charge in [0.25, 0.3) is 0 Å². The van der Waals surface area contributed by atoms with Crippen LogP contribution in [-0.2, 0) is 4.74 Å². The third-order valence-electron chi connectivity index (χ3n) is 3.07. The molecule has 0 radical (unpaired) electrons. The molecule has 1 N–H and O–H groups in total. The number of hydrogen-bond acceptors (Lipinski definition) is 2. The number of hydrogen-bond donors (Lipinski definition) is 1. The largest absolute Gasteiger partial charge is 0.453 e. The highest BCUT2D eigenvalue weighted by Crippen LogP contribution is 2.11. The van der Waals surface area contributed by atoms with Crippen molar-refractivity contribution < 1.29 is 9.53 Å². The van der Waals surface area contributed by atoms with E-state index in [1.807, 2.05) is 0 Å². The summed E-state index contributed by atoms with van der Waals surface area (Å²) < 4.78 is 4.66. The van der Waals surface area contributed by atoms with E-state index in [1.165, 1.54) is 52.1 Å². The van der Waals surface area contributed by atoms with Gasteiger partial charge in [0.05, 0.1) is 7.11 Å². The van der Waals surface area contributed by atoms with Gasteiger partial charge >= 0.3 is 6.09 Å². The topological polar surface area (TPSA) is 38.3 Å². The fourth-order valence-electron chi connectivity index (χ4n) is 1.96. The van der Waals surface area contributed by atoms with Gasteiger partial charge in [-0.1, -0.05) is 58.8 Å². The van der Waals surface area contributed by atoms with E-state index in [1.54, 1.807) is 0 Å². The Morgan fingerprint density at radius 3 is 2.18 bits per heavy atom. The van der Waals surface area contributed by atoms with Crippen molar-refractivity contribution in [3.63, 3.8) is 0 Å². The second-order valence-corrected chi connectivity index (χ2v) is 4.68. The van der Waals surface area contributed by atoms with Crippen molar-refractivity contribution in [2.24, 2.45) is 0 Å². The standard InChI is InChI=1S/C14H29NO2/c1-4-6-8-9-10-12-13(11-7-5-2)15-14(16)17-3/h13H,4-12H2,1-3H3,(H,15,16). The van der Waals surface area contributed by atoms with E-state index < -0.39 is 0 Å². The minimum atomic E-state index is -0.292. The fourth-order valence-corrected chi connectivity index (χ4v) is 1.96. The van der Waals surface area contributed by atoms with Crippen LogP contribution in [0.25, 0.3) is 0 Å². The van der Waals surface area contributed by atoms with E-state index in [0.717, 1.165) is 12.8 Å². The second-order valence-electron chi connectivity index (χ2n) is 4.68. The molecule has 0 aromatic rings. The van der Waals surface area contributed by atoms with E-state index in [-0.39, 0.29) is 6.09 Å². The smallest absolute Gasteiger partial charge is 0.407 e. The van der Waals surface area contributed by atoms with Crippen molar-refractivity contribution in [3.8, 4) is 0 Å². The van der Waals surface area contributed by atoms with Crippen LogP contribution in [-0.4, -0.2) is 19.2 Å². The Morgan fingerprint density at radius 1 is 1.00 bits per heavy atom. The van der Waals surface area contributed by atoms with Gasteiger partial charge in [-0.3, -0.25) is 0 Å². The van der Waals surface area contributed by atoms with E-state index in [0.29, 0.717) is 6.04 Å². The molecule has 0 aliphatic heterocycles. The van der Waals surface area contributed by atoms with Crippen LogP contribution in [0.5, 0.6) is 0 Å². The molecule has 3 heteroatoms. The lowest BCUT2D eigenvalue weighted by atomic mass is 10.0. The van der Waals surface area contributed by atoms with Crippen LogP contribution in [0.3, 0.4) is 0 Å². The van der Waals surface area contributed by atoms with Gasteiger partial charge in [-0.05, 0) is 12.8 Å². The van der Waals surface area contributed by atoms with Gasteiger partial charge in [0.1, 0.15) is 0 Å². The van der Waals surface area contributed by atoms with Crippen molar-refractivity contribution in [1.29, 1.82) is 0 Å². The molecule has 0 aliphatic rings. The lowest BCUT2D eigenvalue weighted by molar-refractivity contribution is 0.164. The normalized spacial score (nSPS) is 12.2. The summed E-state index contributed by atoms with van der Waals surface area (Å²) in [7, 11) is 1.42. The molecule has 3 nitrogen and oxygen atoms in total. The minimum Gasteiger partial charge on any atom is -0.453 e. The molecular formula is C14H29NO2. The molecule has 0 aromatic heterocycles. The van der Waals surface area contributed by atoms with Crippen LogP contribution in [0.2, 0.25) is 0 Å². The number of methoxy groups -OCH3 is 1. The molecule has 0 saturated heterocycles. The Morgan fingerprint density at radius 2 is 1.59 bits per heavy atom. The molecule has 102 valence electrons. The SMILES string of the molecule is CCCCCCCC(CCCC)NC(=O)OC. The molecule has 0 aromatic carbocycles. The Hall–Kier alpha value is -0.730. The lowest BCUT2D eigenvalue weighted by Gasteiger charge is -2.17. The first-order valence-corrected chi connectivity index (χ1v) is 7.09. The minimum absolute atomic E-state index is 0.292. The Balaban J connectivity index is 3.72. The van der Waals surface area contributed by atoms with Gasteiger partial charge in [-0.25, -0.2) is 4.79 Å². The fraction of sp³-hybridized carbons (Fsp3) is 0.929. The highest BCUT2D eigenvalue weighted by atomic mass is 16.5. The van der Waals surface area contributed by atoms with Gasteiger partial charge in [-0.2, -0.15) is 0 Å². The average molecular weight is 243 g/mol. The summed E-state index contributed by atoms with van der Waals surface area (Å²) in [4.78, 5) is 11.2. The molecule has 1 unspecified atom stereocenters. The van der Waals surface area contributed by atoms with Crippen molar-refractivity contribution in [2.45, 2.75) is 77.7 Å². The first-order chi connectivity index (χ1) is 8.24. The van der Waals surface area contributed by atoms with Crippen LogP contribution in [0.4, 0.5) is 4.79 Å². The summed E-state index contributed by atoms with van der Waals surface area (Å²) in [5, 5.41) is 2.93. The van der Waals surface area contributed by atoms with Crippen molar-refractivity contribution in [3.05, 3.63) is 0 Å². The quantitative estimate of drug-likeness (QED) is 0.582. The molecule has 0 bridgehead atoms. The number of amides is 1. The summed E-state index contributed by atoms with van der Waals surface area (Å²) in [5.74, 6) is 0. The third-order valence-corrected chi connectivity index (χ3v) is 3.07. The molecule has 1 atom stereocenters. The second kappa shape index (κ2) is 11.7. The molecule has 0 spiro atoms. The highest BCUT2D eigenvalue weighted by Gasteiger charge is 2.11. The summed E-state index contributed by atoms with van der Waals surface area (Å²) in [6.45, 7) is 4.40. The predicted molar refractivity (Wildman–Crippen MR) is 72.2 cm³/mol. The molecule has 0 heterocycles. The zero-order valence-corrected chi connectivity index (χ0v) is 11.8. The van der Waals surface area contributed by atoms with Gasteiger partial charge in [0.2, 0.25) is 0 Å². The van der Waals surface area contributed by atoms with Crippen LogP contribution in [0.15, 0.2) is 0 Å². The number of unbranched alkanes of at least 4 members (excludes halogenated alkanes) is 5. The molecule has 17 heavy (non-hydrogen) atoms. The summed E-state index contributed by atoms with van der Waals surface area (Å²) in [6, 6.07) is 0.295. The third kappa shape index (κ3) is 10.2.